The molecule has 2 amide bonds. The second-order valence-electron chi connectivity index (χ2n) is 11.9. The first kappa shape index (κ1) is 33.9. The number of carbonyl (C=O) groups excluding carboxylic acids is 2. The van der Waals surface area contributed by atoms with Crippen LogP contribution in [0.15, 0.2) is 69.7 Å². The third-order valence-electron chi connectivity index (χ3n) is 8.56. The van der Waals surface area contributed by atoms with Gasteiger partial charge in [0.05, 0.1) is 44.4 Å². The molecule has 4 aromatic rings. The van der Waals surface area contributed by atoms with Crippen LogP contribution in [0.3, 0.4) is 0 Å². The van der Waals surface area contributed by atoms with Gasteiger partial charge in [-0.05, 0) is 72.5 Å². The SMILES string of the molecule is COc1cc(/C=N\NC(=O)CN2CCN(c3cc4c(cc3F)c(=O)c(C(=O)N/N=C/c3ccc(O)c(OC)c3)cn4C3CC3)CC2)ccc1O. The fourth-order valence-electron chi connectivity index (χ4n) is 5.76. The fraction of sp³-hybridized carbons (Fsp3) is 0.286. The molecule has 0 atom stereocenters. The minimum Gasteiger partial charge on any atom is -0.504 e. The lowest BCUT2D eigenvalue weighted by Crippen LogP contribution is -2.49. The molecule has 2 fully saturated rings. The van der Waals surface area contributed by atoms with Crippen LogP contribution in [0.5, 0.6) is 23.0 Å². The maximum absolute atomic E-state index is 15.6. The number of phenols is 2. The van der Waals surface area contributed by atoms with Crippen molar-refractivity contribution in [3.63, 3.8) is 0 Å². The molecule has 50 heavy (non-hydrogen) atoms. The summed E-state index contributed by atoms with van der Waals surface area (Å²) in [5.41, 5.74) is 6.17. The zero-order valence-corrected chi connectivity index (χ0v) is 27.4. The van der Waals surface area contributed by atoms with Gasteiger partial charge in [0.15, 0.2) is 23.0 Å². The molecule has 3 aromatic carbocycles. The van der Waals surface area contributed by atoms with E-state index in [2.05, 4.69) is 21.1 Å². The molecular weight excluding hydrogens is 649 g/mol. The molecule has 15 heteroatoms. The van der Waals surface area contributed by atoms with Crippen molar-refractivity contribution in [3.05, 3.63) is 87.5 Å². The highest BCUT2D eigenvalue weighted by Crippen LogP contribution is 2.38. The van der Waals surface area contributed by atoms with Crippen LogP contribution in [0.2, 0.25) is 0 Å². The molecule has 260 valence electrons. The Morgan fingerprint density at radius 2 is 1.50 bits per heavy atom. The summed E-state index contributed by atoms with van der Waals surface area (Å²) in [6.07, 6.45) is 6.03. The van der Waals surface area contributed by atoms with Gasteiger partial charge in [0.2, 0.25) is 5.43 Å². The van der Waals surface area contributed by atoms with Gasteiger partial charge in [-0.1, -0.05) is 0 Å². The van der Waals surface area contributed by atoms with E-state index in [0.29, 0.717) is 54.3 Å². The van der Waals surface area contributed by atoms with Crippen molar-refractivity contribution in [2.75, 3.05) is 51.8 Å². The molecule has 0 radical (unpaired) electrons. The molecule has 0 spiro atoms. The molecular formula is C35H36FN7O7. The Hall–Kier alpha value is -5.96. The fourth-order valence-corrected chi connectivity index (χ4v) is 5.76. The second kappa shape index (κ2) is 14.7. The number of nitrogens with one attached hydrogen (secondary N) is 2. The number of fused-ring (bicyclic) bond motifs is 1. The minimum atomic E-state index is -0.732. The first-order chi connectivity index (χ1) is 24.1. The van der Waals surface area contributed by atoms with Gasteiger partial charge >= 0.3 is 0 Å². The lowest BCUT2D eigenvalue weighted by Gasteiger charge is -2.36. The molecule has 1 aromatic heterocycles. The molecule has 0 unspecified atom stereocenters. The number of amides is 2. The van der Waals surface area contributed by atoms with E-state index >= 15 is 4.39 Å². The number of phenolic OH excluding ortho intramolecular Hbond substituents is 2. The first-order valence-corrected chi connectivity index (χ1v) is 15.9. The van der Waals surface area contributed by atoms with Gasteiger partial charge in [-0.3, -0.25) is 19.3 Å². The summed E-state index contributed by atoms with van der Waals surface area (Å²) in [6.45, 7) is 1.99. The number of nitrogens with zero attached hydrogens (tertiary/aromatic N) is 5. The highest BCUT2D eigenvalue weighted by Gasteiger charge is 2.29. The maximum Gasteiger partial charge on any atom is 0.276 e. The summed E-state index contributed by atoms with van der Waals surface area (Å²) >= 11 is 0. The van der Waals surface area contributed by atoms with E-state index < -0.39 is 17.2 Å². The third-order valence-corrected chi connectivity index (χ3v) is 8.56. The molecule has 1 aliphatic heterocycles. The number of rotatable bonds is 11. The van der Waals surface area contributed by atoms with E-state index in [1.807, 2.05) is 14.4 Å². The average molecular weight is 686 g/mol. The van der Waals surface area contributed by atoms with Crippen LogP contribution < -0.4 is 30.7 Å². The molecule has 1 saturated carbocycles. The number of pyridine rings is 1. The van der Waals surface area contributed by atoms with Gasteiger partial charge in [-0.25, -0.2) is 15.2 Å². The Kier molecular flexibility index (Phi) is 9.94. The Morgan fingerprint density at radius 1 is 0.900 bits per heavy atom. The molecule has 6 rings (SSSR count). The molecule has 14 nitrogen and oxygen atoms in total. The number of methoxy groups -OCH3 is 2. The van der Waals surface area contributed by atoms with Crippen molar-refractivity contribution in [2.24, 2.45) is 10.2 Å². The number of ether oxygens (including phenoxy) is 2. The predicted octanol–water partition coefficient (Wildman–Crippen LogP) is 2.94. The van der Waals surface area contributed by atoms with Crippen molar-refractivity contribution in [1.29, 1.82) is 0 Å². The largest absolute Gasteiger partial charge is 0.504 e. The quantitative estimate of drug-likeness (QED) is 0.137. The molecule has 2 aliphatic rings. The van der Waals surface area contributed by atoms with E-state index in [1.54, 1.807) is 24.3 Å². The number of hydrazone groups is 2. The number of hydrogen-bond donors (Lipinski definition) is 4. The Labute approximate surface area is 286 Å². The van der Waals surface area contributed by atoms with E-state index in [9.17, 15) is 24.6 Å². The summed E-state index contributed by atoms with van der Waals surface area (Å²) < 4.78 is 27.7. The van der Waals surface area contributed by atoms with E-state index in [1.165, 1.54) is 57.1 Å². The van der Waals surface area contributed by atoms with Gasteiger partial charge in [0, 0.05) is 43.8 Å². The van der Waals surface area contributed by atoms with Crippen LogP contribution in [0.1, 0.15) is 40.4 Å². The third kappa shape index (κ3) is 7.52. The van der Waals surface area contributed by atoms with Crippen LogP contribution in [-0.2, 0) is 4.79 Å². The van der Waals surface area contributed by atoms with Crippen LogP contribution in [0.25, 0.3) is 10.9 Å². The Morgan fingerprint density at radius 3 is 2.08 bits per heavy atom. The van der Waals surface area contributed by atoms with Crippen molar-refractivity contribution in [1.82, 2.24) is 20.3 Å². The first-order valence-electron chi connectivity index (χ1n) is 15.9. The number of benzene rings is 3. The summed E-state index contributed by atoms with van der Waals surface area (Å²) in [7, 11) is 2.85. The molecule has 1 aliphatic carbocycles. The maximum atomic E-state index is 15.6. The monoisotopic (exact) mass is 685 g/mol. The Bertz CT molecular complexity index is 2050. The Balaban J connectivity index is 1.11. The zero-order chi connectivity index (χ0) is 35.4. The summed E-state index contributed by atoms with van der Waals surface area (Å²) in [5, 5.41) is 27.5. The lowest BCUT2D eigenvalue weighted by molar-refractivity contribution is -0.122. The van der Waals surface area contributed by atoms with Crippen LogP contribution in [-0.4, -0.2) is 90.9 Å². The van der Waals surface area contributed by atoms with Crippen LogP contribution >= 0.6 is 0 Å². The van der Waals surface area contributed by atoms with Crippen LogP contribution in [0, 0.1) is 5.82 Å². The van der Waals surface area contributed by atoms with Crippen molar-refractivity contribution in [3.8, 4) is 23.0 Å². The number of aromatic nitrogens is 1. The summed E-state index contributed by atoms with van der Waals surface area (Å²) in [5.74, 6) is -1.13. The van der Waals surface area contributed by atoms with Gasteiger partial charge in [0.1, 0.15) is 11.4 Å². The highest BCUT2D eigenvalue weighted by molar-refractivity contribution is 5.98. The summed E-state index contributed by atoms with van der Waals surface area (Å²) in [4.78, 5) is 42.9. The number of anilines is 1. The van der Waals surface area contributed by atoms with Gasteiger partial charge in [-0.2, -0.15) is 10.2 Å². The number of carbonyl (C=O) groups is 2. The summed E-state index contributed by atoms with van der Waals surface area (Å²) in [6, 6.07) is 12.2. The van der Waals surface area contributed by atoms with Gasteiger partial charge in [0.25, 0.3) is 11.8 Å². The number of hydrogen-bond acceptors (Lipinski definition) is 11. The normalized spacial score (nSPS) is 15.1. The van der Waals surface area contributed by atoms with E-state index in [0.717, 1.165) is 12.8 Å². The van der Waals surface area contributed by atoms with Gasteiger partial charge < -0.3 is 29.2 Å². The predicted molar refractivity (Wildman–Crippen MR) is 185 cm³/mol. The van der Waals surface area contributed by atoms with Crippen molar-refractivity contribution >= 4 is 40.8 Å². The lowest BCUT2D eigenvalue weighted by atomic mass is 10.1. The van der Waals surface area contributed by atoms with E-state index in [-0.39, 0.29) is 46.7 Å². The molecule has 1 saturated heterocycles. The average Bonchev–Trinajstić information content (AvgIpc) is 3.96. The smallest absolute Gasteiger partial charge is 0.276 e. The second-order valence-corrected chi connectivity index (χ2v) is 11.9. The number of halogens is 1. The molecule has 2 heterocycles. The standard InChI is InChI=1S/C35H36FN7O7/c1-49-31-13-21(3-7-29(31)44)17-37-39-33(46)20-41-9-11-42(12-10-41)28-16-27-24(15-26(28)36)34(47)25(19-43(27)23-5-6-23)35(48)40-38-18-22-4-8-30(45)32(14-22)50-2/h3-4,7-8,13-19,23,44-45H,5-6,9-12,20H2,1-2H3,(H,39,46)(H,40,48)/b37-17-,38-18+. The number of piperazine rings is 1. The zero-order valence-electron chi connectivity index (χ0n) is 27.4. The van der Waals surface area contributed by atoms with Crippen molar-refractivity contribution < 1.29 is 33.7 Å². The highest BCUT2D eigenvalue weighted by atomic mass is 19.1. The molecule has 0 bridgehead atoms. The minimum absolute atomic E-state index is 0.0000673. The van der Waals surface area contributed by atoms with Gasteiger partial charge in [-0.15, -0.1) is 0 Å². The molecule has 4 N–H and O–H groups in total. The topological polar surface area (TPSA) is 170 Å². The number of aromatic hydroxyl groups is 2. The van der Waals surface area contributed by atoms with E-state index in [4.69, 9.17) is 9.47 Å². The van der Waals surface area contributed by atoms with Crippen LogP contribution in [0.4, 0.5) is 10.1 Å². The van der Waals surface area contributed by atoms with Crippen molar-refractivity contribution in [2.45, 2.75) is 18.9 Å².